The van der Waals surface area contributed by atoms with Gasteiger partial charge in [0.15, 0.2) is 5.96 Å². The van der Waals surface area contributed by atoms with Gasteiger partial charge in [-0.15, -0.1) is 24.0 Å². The molecule has 2 aromatic rings. The summed E-state index contributed by atoms with van der Waals surface area (Å²) < 4.78 is 11.5. The van der Waals surface area contributed by atoms with E-state index < -0.39 is 0 Å². The lowest BCUT2D eigenvalue weighted by Gasteiger charge is -2.33. The van der Waals surface area contributed by atoms with Crippen LogP contribution in [-0.2, 0) is 11.3 Å². The average molecular weight is 443 g/mol. The number of guanidine groups is 1. The highest BCUT2D eigenvalue weighted by Crippen LogP contribution is 2.19. The lowest BCUT2D eigenvalue weighted by Crippen LogP contribution is -2.46. The Morgan fingerprint density at radius 3 is 2.75 bits per heavy atom. The number of hydrogen-bond acceptors (Lipinski definition) is 3. The Bertz CT molecular complexity index is 630. The topological polar surface area (TPSA) is 50.0 Å². The highest BCUT2D eigenvalue weighted by molar-refractivity contribution is 14.0. The van der Waals surface area contributed by atoms with Crippen LogP contribution in [0.4, 0.5) is 0 Å². The molecule has 3 rings (SSSR count). The normalized spacial score (nSPS) is 16.2. The number of hydrogen-bond donors (Lipinski definition) is 1. The number of likely N-dealkylation sites (tertiary alicyclic amines) is 1. The van der Waals surface area contributed by atoms with Crippen LogP contribution in [0.2, 0.25) is 0 Å². The number of benzene rings is 1. The first-order chi connectivity index (χ1) is 11.3. The zero-order valence-electron chi connectivity index (χ0n) is 14.3. The minimum absolute atomic E-state index is 0. The van der Waals surface area contributed by atoms with Crippen molar-refractivity contribution in [3.63, 3.8) is 0 Å². The first-order valence-corrected chi connectivity index (χ1v) is 8.34. The van der Waals surface area contributed by atoms with Gasteiger partial charge in [0, 0.05) is 32.1 Å². The van der Waals surface area contributed by atoms with Crippen LogP contribution in [0.3, 0.4) is 0 Å². The van der Waals surface area contributed by atoms with Crippen LogP contribution >= 0.6 is 24.0 Å². The number of furan rings is 1. The highest BCUT2D eigenvalue weighted by atomic mass is 127. The van der Waals surface area contributed by atoms with E-state index in [0.29, 0.717) is 12.6 Å². The summed E-state index contributed by atoms with van der Waals surface area (Å²) in [5, 5.41) is 4.54. The predicted molar refractivity (Wildman–Crippen MR) is 108 cm³/mol. The van der Waals surface area contributed by atoms with Crippen LogP contribution in [0, 0.1) is 0 Å². The fraction of sp³-hybridized carbons (Fsp3) is 0.500. The minimum Gasteiger partial charge on any atom is -0.459 e. The van der Waals surface area contributed by atoms with Crippen LogP contribution in [0.5, 0.6) is 0 Å². The van der Waals surface area contributed by atoms with Crippen molar-refractivity contribution in [2.24, 2.45) is 4.99 Å². The Balaban J connectivity index is 0.00000208. The number of halogens is 1. The summed E-state index contributed by atoms with van der Waals surface area (Å²) in [6, 6.07) is 10.2. The number of para-hydroxylation sites is 1. The van der Waals surface area contributed by atoms with E-state index in [1.54, 1.807) is 0 Å². The Labute approximate surface area is 160 Å². The third-order valence-corrected chi connectivity index (χ3v) is 4.25. The van der Waals surface area contributed by atoms with Gasteiger partial charge in [-0.2, -0.15) is 0 Å². The van der Waals surface area contributed by atoms with Crippen molar-refractivity contribution in [3.8, 4) is 0 Å². The maximum atomic E-state index is 5.84. The summed E-state index contributed by atoms with van der Waals surface area (Å²) in [4.78, 5) is 6.69. The predicted octanol–water partition coefficient (Wildman–Crippen LogP) is 3.63. The van der Waals surface area contributed by atoms with Gasteiger partial charge in [0.25, 0.3) is 0 Å². The molecule has 5 nitrogen and oxygen atoms in total. The number of aliphatic imine (C=N–C) groups is 1. The fourth-order valence-electron chi connectivity index (χ4n) is 3.09. The molecule has 0 bridgehead atoms. The first kappa shape index (κ1) is 19.1. The summed E-state index contributed by atoms with van der Waals surface area (Å²) >= 11 is 0. The van der Waals surface area contributed by atoms with Crippen LogP contribution < -0.4 is 5.32 Å². The van der Waals surface area contributed by atoms with Gasteiger partial charge >= 0.3 is 0 Å². The fourth-order valence-corrected chi connectivity index (χ4v) is 3.09. The lowest BCUT2D eigenvalue weighted by molar-refractivity contribution is 0.0263. The molecule has 0 atom stereocenters. The highest BCUT2D eigenvalue weighted by Gasteiger charge is 2.21. The van der Waals surface area contributed by atoms with E-state index in [1.165, 1.54) is 0 Å². The van der Waals surface area contributed by atoms with E-state index in [2.05, 4.69) is 34.3 Å². The average Bonchev–Trinajstić information content (AvgIpc) is 3.00. The molecule has 1 aromatic carbocycles. The third kappa shape index (κ3) is 4.63. The van der Waals surface area contributed by atoms with E-state index in [0.717, 1.165) is 55.2 Å². The zero-order valence-corrected chi connectivity index (χ0v) is 16.7. The van der Waals surface area contributed by atoms with Gasteiger partial charge in [-0.1, -0.05) is 18.2 Å². The lowest BCUT2D eigenvalue weighted by atomic mass is 10.1. The van der Waals surface area contributed by atoms with Crippen molar-refractivity contribution in [2.75, 3.05) is 26.7 Å². The van der Waals surface area contributed by atoms with Crippen molar-refractivity contribution < 1.29 is 9.15 Å². The molecule has 0 radical (unpaired) electrons. The number of fused-ring (bicyclic) bond motifs is 1. The largest absolute Gasteiger partial charge is 0.459 e. The SMILES string of the molecule is CCOC1CCN(C(=NC)NCc2cc3ccccc3o2)CC1.I. The summed E-state index contributed by atoms with van der Waals surface area (Å²) in [6.07, 6.45) is 2.50. The second-order valence-corrected chi connectivity index (χ2v) is 5.79. The molecule has 2 heterocycles. The molecule has 1 aromatic heterocycles. The molecule has 132 valence electrons. The summed E-state index contributed by atoms with van der Waals surface area (Å²) in [7, 11) is 1.83. The summed E-state index contributed by atoms with van der Waals surface area (Å²) in [6.45, 7) is 5.45. The minimum atomic E-state index is 0. The Morgan fingerprint density at radius 2 is 2.08 bits per heavy atom. The van der Waals surface area contributed by atoms with Crippen molar-refractivity contribution >= 4 is 40.9 Å². The van der Waals surface area contributed by atoms with Crippen molar-refractivity contribution in [1.29, 1.82) is 0 Å². The quantitative estimate of drug-likeness (QED) is 0.446. The van der Waals surface area contributed by atoms with Crippen LogP contribution in [0.15, 0.2) is 39.7 Å². The summed E-state index contributed by atoms with van der Waals surface area (Å²) in [5.41, 5.74) is 0.928. The smallest absolute Gasteiger partial charge is 0.194 e. The number of nitrogens with zero attached hydrogens (tertiary/aromatic N) is 2. The van der Waals surface area contributed by atoms with Crippen molar-refractivity contribution in [3.05, 3.63) is 36.1 Å². The molecule has 1 aliphatic heterocycles. The second kappa shape index (κ2) is 9.27. The van der Waals surface area contributed by atoms with Crippen LogP contribution in [0.25, 0.3) is 11.0 Å². The van der Waals surface area contributed by atoms with E-state index >= 15 is 0 Å². The van der Waals surface area contributed by atoms with Gasteiger partial charge in [0.05, 0.1) is 12.6 Å². The van der Waals surface area contributed by atoms with Crippen LogP contribution in [-0.4, -0.2) is 43.7 Å². The van der Waals surface area contributed by atoms with Crippen molar-refractivity contribution in [1.82, 2.24) is 10.2 Å². The Hall–Kier alpha value is -1.28. The number of piperidine rings is 1. The molecule has 0 amide bonds. The zero-order chi connectivity index (χ0) is 16.1. The molecular formula is C18H26IN3O2. The molecule has 0 aliphatic carbocycles. The molecule has 0 saturated carbocycles. The van der Waals surface area contributed by atoms with Gasteiger partial charge < -0.3 is 19.4 Å². The molecular weight excluding hydrogens is 417 g/mol. The molecule has 24 heavy (non-hydrogen) atoms. The third-order valence-electron chi connectivity index (χ3n) is 4.25. The Kier molecular flexibility index (Phi) is 7.36. The first-order valence-electron chi connectivity index (χ1n) is 8.34. The maximum absolute atomic E-state index is 5.84. The standard InChI is InChI=1S/C18H25N3O2.HI/c1-3-22-15-8-10-21(11-9-15)18(19-2)20-13-16-12-14-6-4-5-7-17(14)23-16;/h4-7,12,15H,3,8-11,13H2,1-2H3,(H,19,20);1H. The number of rotatable bonds is 4. The Morgan fingerprint density at radius 1 is 1.33 bits per heavy atom. The monoisotopic (exact) mass is 443 g/mol. The molecule has 1 fully saturated rings. The van der Waals surface area contributed by atoms with Gasteiger partial charge in [0.2, 0.25) is 0 Å². The van der Waals surface area contributed by atoms with Gasteiger partial charge in [-0.3, -0.25) is 4.99 Å². The van der Waals surface area contributed by atoms with Gasteiger partial charge in [-0.05, 0) is 31.9 Å². The van der Waals surface area contributed by atoms with Crippen molar-refractivity contribution in [2.45, 2.75) is 32.4 Å². The van der Waals surface area contributed by atoms with Crippen LogP contribution in [0.1, 0.15) is 25.5 Å². The van der Waals surface area contributed by atoms with E-state index in [-0.39, 0.29) is 24.0 Å². The maximum Gasteiger partial charge on any atom is 0.194 e. The molecule has 0 unspecified atom stereocenters. The summed E-state index contributed by atoms with van der Waals surface area (Å²) in [5.74, 6) is 1.86. The molecule has 0 spiro atoms. The molecule has 1 aliphatic rings. The second-order valence-electron chi connectivity index (χ2n) is 5.79. The molecule has 6 heteroatoms. The molecule has 1 saturated heterocycles. The number of nitrogens with one attached hydrogen (secondary N) is 1. The molecule has 1 N–H and O–H groups in total. The van der Waals surface area contributed by atoms with E-state index in [4.69, 9.17) is 9.15 Å². The number of ether oxygens (including phenoxy) is 1. The van der Waals surface area contributed by atoms with E-state index in [9.17, 15) is 0 Å². The van der Waals surface area contributed by atoms with Gasteiger partial charge in [0.1, 0.15) is 11.3 Å². The van der Waals surface area contributed by atoms with Gasteiger partial charge in [-0.25, -0.2) is 0 Å². The van der Waals surface area contributed by atoms with E-state index in [1.807, 2.05) is 25.2 Å².